The zero-order chi connectivity index (χ0) is 25.8. The van der Waals surface area contributed by atoms with Crippen molar-refractivity contribution < 1.29 is 17.6 Å². The van der Waals surface area contributed by atoms with E-state index in [9.17, 15) is 18.0 Å². The van der Waals surface area contributed by atoms with Crippen molar-refractivity contribution in [3.05, 3.63) is 70.0 Å². The monoisotopic (exact) mass is 537 g/mol. The number of nitrogens with one attached hydrogen (secondary N) is 2. The van der Waals surface area contributed by atoms with E-state index >= 15 is 0 Å². The summed E-state index contributed by atoms with van der Waals surface area (Å²) in [6, 6.07) is 11.9. The van der Waals surface area contributed by atoms with Crippen molar-refractivity contribution in [1.82, 2.24) is 9.97 Å². The molecule has 1 amide bonds. The van der Waals surface area contributed by atoms with Gasteiger partial charge in [0, 0.05) is 17.0 Å². The second-order valence-corrected chi connectivity index (χ2v) is 12.2. The lowest BCUT2D eigenvalue weighted by Gasteiger charge is -2.21. The zero-order valence-corrected chi connectivity index (χ0v) is 21.7. The fourth-order valence-corrected chi connectivity index (χ4v) is 6.74. The third-order valence-corrected chi connectivity index (χ3v) is 9.16. The van der Waals surface area contributed by atoms with Gasteiger partial charge in [-0.25, -0.2) is 18.2 Å². The molecule has 0 spiro atoms. The topological polar surface area (TPSA) is 122 Å². The molecule has 4 aromatic rings. The average Bonchev–Trinajstić information content (AvgIpc) is 3.52. The quantitative estimate of drug-likeness (QED) is 0.281. The first-order chi connectivity index (χ1) is 17.9. The Balaban J connectivity index is 1.17. The average molecular weight is 538 g/mol. The number of carbonyl (C=O) groups excluding carboxylic acids is 1. The summed E-state index contributed by atoms with van der Waals surface area (Å²) in [4.78, 5) is 31.1. The number of hydrogen-bond acceptors (Lipinski definition) is 7. The molecule has 0 aliphatic heterocycles. The Bertz CT molecular complexity index is 1590. The van der Waals surface area contributed by atoms with Crippen LogP contribution < -0.4 is 11.1 Å². The van der Waals surface area contributed by atoms with Crippen LogP contribution in [0.5, 0.6) is 0 Å². The number of carbonyl (C=O) groups is 1. The Morgan fingerprint density at radius 1 is 1.14 bits per heavy atom. The van der Waals surface area contributed by atoms with Gasteiger partial charge in [0.25, 0.3) is 0 Å². The first-order valence-corrected chi connectivity index (χ1v) is 14.8. The van der Waals surface area contributed by atoms with Crippen LogP contribution in [0.2, 0.25) is 0 Å². The second-order valence-electron chi connectivity index (χ2n) is 9.27. The molecule has 0 bridgehead atoms. The highest BCUT2D eigenvalue weighted by Crippen LogP contribution is 2.28. The van der Waals surface area contributed by atoms with Crippen LogP contribution in [0.15, 0.2) is 68.0 Å². The van der Waals surface area contributed by atoms with Crippen LogP contribution >= 0.6 is 11.3 Å². The lowest BCUT2D eigenvalue weighted by molar-refractivity contribution is -0.111. The molecule has 37 heavy (non-hydrogen) atoms. The van der Waals surface area contributed by atoms with Crippen LogP contribution in [0, 0.1) is 5.92 Å². The lowest BCUT2D eigenvalue weighted by atomic mass is 9.88. The van der Waals surface area contributed by atoms with Gasteiger partial charge in [-0.05, 0) is 48.2 Å². The number of amides is 1. The van der Waals surface area contributed by atoms with Crippen molar-refractivity contribution in [3.63, 3.8) is 0 Å². The molecular weight excluding hydrogens is 510 g/mol. The number of H-pyrrole nitrogens is 1. The first kappa shape index (κ1) is 25.2. The Labute approximate surface area is 218 Å². The maximum atomic E-state index is 12.7. The van der Waals surface area contributed by atoms with E-state index in [-0.39, 0.29) is 11.7 Å². The maximum Gasteiger partial charge on any atom is 0.417 e. The van der Waals surface area contributed by atoms with Crippen LogP contribution in [0.3, 0.4) is 0 Å². The number of rotatable bonds is 8. The summed E-state index contributed by atoms with van der Waals surface area (Å²) in [5.41, 5.74) is 3.17. The van der Waals surface area contributed by atoms with Gasteiger partial charge in [-0.15, -0.1) is 11.3 Å². The van der Waals surface area contributed by atoms with E-state index < -0.39 is 15.6 Å². The Kier molecular flexibility index (Phi) is 7.38. The molecule has 1 saturated carbocycles. The number of anilines is 1. The number of oxazole rings is 1. The SMILES string of the molecule is O=C(/C=C/c1ccc(S(=O)(=O)CCC2CCCCC2)cc1)Nc1nc(-c2ccc3[nH]c(=O)oc3c2)cs1. The summed E-state index contributed by atoms with van der Waals surface area (Å²) in [5, 5.41) is 4.97. The fourth-order valence-electron chi connectivity index (χ4n) is 4.59. The third-order valence-electron chi connectivity index (χ3n) is 6.64. The number of nitrogens with zero attached hydrogens (tertiary/aromatic N) is 1. The van der Waals surface area contributed by atoms with E-state index in [1.54, 1.807) is 47.9 Å². The summed E-state index contributed by atoms with van der Waals surface area (Å²) >= 11 is 1.28. The van der Waals surface area contributed by atoms with Gasteiger partial charge >= 0.3 is 5.76 Å². The Morgan fingerprint density at radius 3 is 2.70 bits per heavy atom. The molecule has 5 rings (SSSR count). The molecule has 0 atom stereocenters. The highest BCUT2D eigenvalue weighted by molar-refractivity contribution is 7.91. The standard InChI is InChI=1S/C27H27N3O5S2/c31-25(30-26-28-23(17-36-26)20-9-12-22-24(16-20)35-27(32)29-22)13-8-19-6-10-21(11-7-19)37(33,34)15-14-18-4-2-1-3-5-18/h6-13,16-18H,1-5,14-15H2,(H,29,32)(H,28,30,31)/b13-8+. The minimum Gasteiger partial charge on any atom is -0.408 e. The Morgan fingerprint density at radius 2 is 1.92 bits per heavy atom. The van der Waals surface area contributed by atoms with Gasteiger partial charge in [0.1, 0.15) is 0 Å². The molecule has 8 nitrogen and oxygen atoms in total. The van der Waals surface area contributed by atoms with Crippen molar-refractivity contribution in [2.75, 3.05) is 11.1 Å². The summed E-state index contributed by atoms with van der Waals surface area (Å²) < 4.78 is 30.5. The summed E-state index contributed by atoms with van der Waals surface area (Å²) in [7, 11) is -3.31. The molecule has 2 aromatic heterocycles. The van der Waals surface area contributed by atoms with E-state index in [2.05, 4.69) is 15.3 Å². The van der Waals surface area contributed by atoms with Gasteiger partial charge < -0.3 is 4.42 Å². The predicted octanol–water partition coefficient (Wildman–Crippen LogP) is 5.64. The molecule has 1 fully saturated rings. The highest BCUT2D eigenvalue weighted by atomic mass is 32.2. The van der Waals surface area contributed by atoms with Crippen molar-refractivity contribution >= 4 is 49.4 Å². The smallest absolute Gasteiger partial charge is 0.408 e. The van der Waals surface area contributed by atoms with Crippen molar-refractivity contribution in [3.8, 4) is 11.3 Å². The van der Waals surface area contributed by atoms with Crippen LogP contribution in [0.4, 0.5) is 5.13 Å². The first-order valence-electron chi connectivity index (χ1n) is 12.3. The van der Waals surface area contributed by atoms with E-state index in [1.807, 2.05) is 6.07 Å². The van der Waals surface area contributed by atoms with Crippen molar-refractivity contribution in [2.45, 2.75) is 43.4 Å². The van der Waals surface area contributed by atoms with Crippen LogP contribution in [0.25, 0.3) is 28.4 Å². The number of thiazole rings is 1. The number of aromatic amines is 1. The molecule has 0 unspecified atom stereocenters. The molecular formula is C27H27N3O5S2. The fraction of sp³-hybridized carbons (Fsp3) is 0.296. The highest BCUT2D eigenvalue weighted by Gasteiger charge is 2.19. The molecule has 0 radical (unpaired) electrons. The molecule has 2 aromatic carbocycles. The maximum absolute atomic E-state index is 12.7. The van der Waals surface area contributed by atoms with Crippen molar-refractivity contribution in [1.29, 1.82) is 0 Å². The summed E-state index contributed by atoms with van der Waals surface area (Å²) in [6.07, 6.45) is 9.66. The third kappa shape index (κ3) is 6.26. The number of hydrogen-bond donors (Lipinski definition) is 2. The second kappa shape index (κ2) is 10.9. The molecule has 0 saturated heterocycles. The summed E-state index contributed by atoms with van der Waals surface area (Å²) in [5.74, 6) is -0.171. The molecule has 1 aliphatic rings. The van der Waals surface area contributed by atoms with E-state index in [1.165, 1.54) is 36.7 Å². The normalized spacial score (nSPS) is 14.9. The van der Waals surface area contributed by atoms with Crippen LogP contribution in [0.1, 0.15) is 44.1 Å². The molecule has 1 aliphatic carbocycles. The van der Waals surface area contributed by atoms with Gasteiger partial charge in [0.15, 0.2) is 20.6 Å². The van der Waals surface area contributed by atoms with E-state index in [0.717, 1.165) is 30.4 Å². The number of sulfone groups is 1. The zero-order valence-electron chi connectivity index (χ0n) is 20.1. The van der Waals surface area contributed by atoms with Gasteiger partial charge in [0.2, 0.25) is 5.91 Å². The predicted molar refractivity (Wildman–Crippen MR) is 145 cm³/mol. The van der Waals surface area contributed by atoms with Gasteiger partial charge in [0.05, 0.1) is 21.9 Å². The van der Waals surface area contributed by atoms with Crippen LogP contribution in [-0.2, 0) is 14.6 Å². The van der Waals surface area contributed by atoms with Gasteiger partial charge in [-0.2, -0.15) is 0 Å². The number of benzene rings is 2. The Hall–Kier alpha value is -3.50. The van der Waals surface area contributed by atoms with Crippen molar-refractivity contribution in [2.24, 2.45) is 5.92 Å². The summed E-state index contributed by atoms with van der Waals surface area (Å²) in [6.45, 7) is 0. The minimum atomic E-state index is -3.31. The van der Waals surface area contributed by atoms with E-state index in [0.29, 0.717) is 32.7 Å². The molecule has 192 valence electrons. The molecule has 2 heterocycles. The largest absolute Gasteiger partial charge is 0.417 e. The number of fused-ring (bicyclic) bond motifs is 1. The number of aromatic nitrogens is 2. The lowest BCUT2D eigenvalue weighted by Crippen LogP contribution is -2.14. The minimum absolute atomic E-state index is 0.179. The molecule has 2 N–H and O–H groups in total. The van der Waals surface area contributed by atoms with Gasteiger partial charge in [-0.3, -0.25) is 15.1 Å². The van der Waals surface area contributed by atoms with Crippen LogP contribution in [-0.4, -0.2) is 30.0 Å². The van der Waals surface area contributed by atoms with E-state index in [4.69, 9.17) is 4.42 Å². The van der Waals surface area contributed by atoms with Gasteiger partial charge in [-0.1, -0.05) is 50.3 Å². The molecule has 10 heteroatoms.